The number of rotatable bonds is 9. The molecule has 4 atom stereocenters. The topological polar surface area (TPSA) is 85.2 Å². The highest BCUT2D eigenvalue weighted by Crippen LogP contribution is 2.39. The van der Waals surface area contributed by atoms with E-state index in [-0.39, 0.29) is 24.9 Å². The monoisotopic (exact) mass is 380 g/mol. The molecular formula is C21H32O6. The van der Waals surface area contributed by atoms with Gasteiger partial charge < -0.3 is 24.4 Å². The second-order valence-electron chi connectivity index (χ2n) is 7.80. The molecular weight excluding hydrogens is 348 g/mol. The molecule has 2 rings (SSSR count). The van der Waals surface area contributed by atoms with Gasteiger partial charge in [-0.15, -0.1) is 0 Å². The summed E-state index contributed by atoms with van der Waals surface area (Å²) in [5, 5.41) is 20.5. The molecule has 0 aliphatic heterocycles. The third-order valence-electron chi connectivity index (χ3n) is 5.32. The van der Waals surface area contributed by atoms with Gasteiger partial charge >= 0.3 is 5.97 Å². The second kappa shape index (κ2) is 9.53. The van der Waals surface area contributed by atoms with Crippen molar-refractivity contribution in [2.75, 3.05) is 13.7 Å². The minimum absolute atomic E-state index is 0.0959. The molecule has 1 aliphatic carbocycles. The highest BCUT2D eigenvalue weighted by Gasteiger charge is 2.40. The lowest BCUT2D eigenvalue weighted by Crippen LogP contribution is -2.47. The zero-order valence-electron chi connectivity index (χ0n) is 16.7. The van der Waals surface area contributed by atoms with Crippen LogP contribution >= 0.6 is 0 Å². The van der Waals surface area contributed by atoms with Gasteiger partial charge in [0.05, 0.1) is 26.2 Å². The van der Waals surface area contributed by atoms with E-state index in [4.69, 9.17) is 14.2 Å². The molecule has 1 saturated carbocycles. The number of ether oxygens (including phenoxy) is 3. The Morgan fingerprint density at radius 1 is 1.30 bits per heavy atom. The molecule has 1 aromatic carbocycles. The van der Waals surface area contributed by atoms with Crippen LogP contribution in [0.3, 0.4) is 0 Å². The molecule has 6 nitrogen and oxygen atoms in total. The van der Waals surface area contributed by atoms with Crippen LogP contribution in [0.1, 0.15) is 56.8 Å². The Kier molecular flexibility index (Phi) is 7.65. The first-order chi connectivity index (χ1) is 12.8. The fraction of sp³-hybridized carbons (Fsp3) is 0.667. The maximum absolute atomic E-state index is 11.0. The minimum atomic E-state index is -1.97. The number of hydrogen-bond donors (Lipinski definition) is 2. The largest absolute Gasteiger partial charge is 0.493 e. The number of aliphatic hydroxyl groups excluding tert-OH is 1. The molecule has 0 aromatic heterocycles. The van der Waals surface area contributed by atoms with E-state index in [9.17, 15) is 15.0 Å². The average molecular weight is 380 g/mol. The van der Waals surface area contributed by atoms with Crippen molar-refractivity contribution >= 4 is 6.29 Å². The summed E-state index contributed by atoms with van der Waals surface area (Å²) in [6, 6.07) is 4.66. The molecule has 6 heteroatoms. The third-order valence-corrected chi connectivity index (χ3v) is 5.32. The Bertz CT molecular complexity index is 617. The van der Waals surface area contributed by atoms with Crippen LogP contribution in [0.4, 0.5) is 0 Å². The molecule has 0 saturated heterocycles. The van der Waals surface area contributed by atoms with Crippen molar-refractivity contribution in [2.24, 2.45) is 17.8 Å². The van der Waals surface area contributed by atoms with E-state index in [0.717, 1.165) is 19.3 Å². The minimum Gasteiger partial charge on any atom is -0.493 e. The first kappa shape index (κ1) is 21.7. The van der Waals surface area contributed by atoms with Gasteiger partial charge in [0.25, 0.3) is 0 Å². The first-order valence-electron chi connectivity index (χ1n) is 9.65. The van der Waals surface area contributed by atoms with Gasteiger partial charge in [-0.05, 0) is 48.8 Å². The molecule has 1 aromatic rings. The lowest BCUT2D eigenvalue weighted by Gasteiger charge is -2.41. The van der Waals surface area contributed by atoms with Gasteiger partial charge in [0.15, 0.2) is 11.5 Å². The van der Waals surface area contributed by atoms with Crippen LogP contribution in [-0.2, 0) is 4.74 Å². The molecule has 2 N–H and O–H groups in total. The fourth-order valence-electron chi connectivity index (χ4n) is 3.78. The Hall–Kier alpha value is -1.63. The Morgan fingerprint density at radius 2 is 2.04 bits per heavy atom. The van der Waals surface area contributed by atoms with E-state index in [1.165, 1.54) is 13.2 Å². The number of hydrogen-bond acceptors (Lipinski definition) is 6. The number of methoxy groups -OCH3 is 1. The number of benzene rings is 1. The van der Waals surface area contributed by atoms with Crippen LogP contribution in [0.15, 0.2) is 18.2 Å². The van der Waals surface area contributed by atoms with Gasteiger partial charge in [0, 0.05) is 5.56 Å². The van der Waals surface area contributed by atoms with Crippen molar-refractivity contribution in [3.05, 3.63) is 23.8 Å². The number of aldehydes is 1. The summed E-state index contributed by atoms with van der Waals surface area (Å²) in [4.78, 5) is 11.0. The van der Waals surface area contributed by atoms with Gasteiger partial charge in [0.1, 0.15) is 6.29 Å². The van der Waals surface area contributed by atoms with Crippen molar-refractivity contribution in [1.82, 2.24) is 0 Å². The smallest absolute Gasteiger partial charge is 0.327 e. The first-order valence-corrected chi connectivity index (χ1v) is 9.65. The van der Waals surface area contributed by atoms with Gasteiger partial charge in [-0.25, -0.2) is 0 Å². The predicted octanol–water partition coefficient (Wildman–Crippen LogP) is 3.39. The molecule has 1 fully saturated rings. The van der Waals surface area contributed by atoms with E-state index >= 15 is 0 Å². The zero-order chi connectivity index (χ0) is 20.0. The lowest BCUT2D eigenvalue weighted by atomic mass is 9.75. The van der Waals surface area contributed by atoms with Crippen molar-refractivity contribution in [3.63, 3.8) is 0 Å². The summed E-state index contributed by atoms with van der Waals surface area (Å²) in [5.41, 5.74) is 0.437. The van der Waals surface area contributed by atoms with Crippen molar-refractivity contribution in [1.29, 1.82) is 0 Å². The average Bonchev–Trinajstić information content (AvgIpc) is 2.61. The normalized spacial score (nSPS) is 25.1. The summed E-state index contributed by atoms with van der Waals surface area (Å²) in [6.07, 6.45) is 3.46. The Morgan fingerprint density at radius 3 is 2.63 bits per heavy atom. The molecule has 152 valence electrons. The van der Waals surface area contributed by atoms with Gasteiger partial charge in [0.2, 0.25) is 0 Å². The summed E-state index contributed by atoms with van der Waals surface area (Å²) in [7, 11) is 1.46. The Labute approximate surface area is 161 Å². The van der Waals surface area contributed by atoms with Crippen LogP contribution in [0, 0.1) is 17.8 Å². The fourth-order valence-corrected chi connectivity index (χ4v) is 3.78. The molecule has 0 heterocycles. The summed E-state index contributed by atoms with van der Waals surface area (Å²) < 4.78 is 17.1. The molecule has 27 heavy (non-hydrogen) atoms. The summed E-state index contributed by atoms with van der Waals surface area (Å²) >= 11 is 0. The van der Waals surface area contributed by atoms with E-state index in [1.807, 2.05) is 0 Å². The number of carbonyl (C=O) groups excluding carboxylic acids is 1. The predicted molar refractivity (Wildman–Crippen MR) is 102 cm³/mol. The van der Waals surface area contributed by atoms with Gasteiger partial charge in [-0.1, -0.05) is 27.2 Å². The van der Waals surface area contributed by atoms with Gasteiger partial charge in [-0.3, -0.25) is 4.79 Å². The maximum Gasteiger partial charge on any atom is 0.327 e. The van der Waals surface area contributed by atoms with Crippen molar-refractivity contribution in [2.45, 2.75) is 58.5 Å². The zero-order valence-corrected chi connectivity index (χ0v) is 16.7. The highest BCUT2D eigenvalue weighted by atomic mass is 16.8. The molecule has 0 spiro atoms. The van der Waals surface area contributed by atoms with Crippen molar-refractivity contribution in [3.8, 4) is 11.5 Å². The van der Waals surface area contributed by atoms with Crippen LogP contribution in [0.5, 0.6) is 11.5 Å². The SMILES string of the molecule is COc1cc(C=O)ccc1OC(O)(CCO)OC1CC(C)CCC1C(C)C. The molecule has 1 aliphatic rings. The summed E-state index contributed by atoms with van der Waals surface area (Å²) in [6.45, 7) is 6.20. The molecule has 4 unspecified atom stereocenters. The molecule has 0 bridgehead atoms. The highest BCUT2D eigenvalue weighted by molar-refractivity contribution is 5.76. The quantitative estimate of drug-likeness (QED) is 0.505. The van der Waals surface area contributed by atoms with Gasteiger partial charge in [-0.2, -0.15) is 0 Å². The van der Waals surface area contributed by atoms with Crippen LogP contribution in [0.2, 0.25) is 0 Å². The van der Waals surface area contributed by atoms with Crippen LogP contribution in [0.25, 0.3) is 0 Å². The van der Waals surface area contributed by atoms with Crippen LogP contribution in [-0.4, -0.2) is 42.3 Å². The lowest BCUT2D eigenvalue weighted by molar-refractivity contribution is -0.352. The van der Waals surface area contributed by atoms with Crippen molar-refractivity contribution < 1.29 is 29.2 Å². The molecule has 0 amide bonds. The van der Waals surface area contributed by atoms with E-state index in [0.29, 0.717) is 35.4 Å². The van der Waals surface area contributed by atoms with Crippen LogP contribution < -0.4 is 9.47 Å². The Balaban J connectivity index is 2.24. The van der Waals surface area contributed by atoms with E-state index in [1.54, 1.807) is 12.1 Å². The third kappa shape index (κ3) is 5.67. The maximum atomic E-state index is 11.0. The second-order valence-corrected chi connectivity index (χ2v) is 7.80. The number of aliphatic hydroxyl groups is 2. The van der Waals surface area contributed by atoms with E-state index < -0.39 is 5.97 Å². The number of carbonyl (C=O) groups is 1. The standard InChI is InChI=1S/C21H32O6/c1-14(2)17-7-5-15(3)11-19(17)27-21(24,9-10-22)26-18-8-6-16(13-23)12-20(18)25-4/h6,8,12-15,17,19,22,24H,5,7,9-11H2,1-4H3. The summed E-state index contributed by atoms with van der Waals surface area (Å²) in [5.74, 6) is -0.165. The van der Waals surface area contributed by atoms with E-state index in [2.05, 4.69) is 20.8 Å². The molecule has 0 radical (unpaired) electrons.